The van der Waals surface area contributed by atoms with E-state index in [1.54, 1.807) is 36.4 Å². The Morgan fingerprint density at radius 2 is 1.16 bits per heavy atom. The second kappa shape index (κ2) is 22.8. The number of carbonyl (C=O) groups is 2. The third kappa shape index (κ3) is 13.5. The number of halogens is 6. The fraction of sp³-hybridized carbons (Fsp3) is 0.297. The average Bonchev–Trinajstić information content (AvgIpc) is 3.16. The first-order chi connectivity index (χ1) is 25.9. The second-order valence-corrected chi connectivity index (χ2v) is 16.3. The summed E-state index contributed by atoms with van der Waals surface area (Å²) in [6.07, 6.45) is -0.979. The first kappa shape index (κ1) is 45.7. The Bertz CT molecular complexity index is 1700. The van der Waals surface area contributed by atoms with Gasteiger partial charge < -0.3 is 29.4 Å². The van der Waals surface area contributed by atoms with Crippen LogP contribution in [-0.2, 0) is 28.5 Å². The maximum Gasteiger partial charge on any atom is 0.332 e. The Labute approximate surface area is 336 Å². The van der Waals surface area contributed by atoms with Gasteiger partial charge in [0.2, 0.25) is 0 Å². The van der Waals surface area contributed by atoms with E-state index >= 15 is 0 Å². The van der Waals surface area contributed by atoms with Gasteiger partial charge in [-0.25, -0.2) is 18.0 Å². The molecule has 0 spiro atoms. The molecule has 0 radical (unpaired) electrons. The maximum atomic E-state index is 14.0. The van der Waals surface area contributed by atoms with Gasteiger partial charge in [0.1, 0.15) is 59.9 Å². The van der Waals surface area contributed by atoms with Gasteiger partial charge in [-0.15, -0.1) is 17.0 Å². The molecule has 0 bridgehead atoms. The van der Waals surface area contributed by atoms with E-state index in [1.165, 1.54) is 60.7 Å². The van der Waals surface area contributed by atoms with Gasteiger partial charge in [-0.2, -0.15) is 0 Å². The van der Waals surface area contributed by atoms with Gasteiger partial charge in [-0.1, -0.05) is 23.2 Å². The SMILES string of the molecule is Br.O=C(COCCOCCOCC[P+](c1ccc(F)cc1)(c1ccc(F)cc1)c1ccc(F)cc1)OC[C@@H](NC(=O)C(Cl)Cl)[C@@H](O)c1ccc([N+](=O)[O-])cc1. The third-order valence-electron chi connectivity index (χ3n) is 8.11. The molecular weight excluding hydrogens is 855 g/mol. The lowest BCUT2D eigenvalue weighted by Crippen LogP contribution is -2.45. The van der Waals surface area contributed by atoms with Crippen LogP contribution in [0.15, 0.2) is 97.1 Å². The molecule has 0 aliphatic heterocycles. The monoisotopic (exact) mass is 891 g/mol. The lowest BCUT2D eigenvalue weighted by atomic mass is 10.0. The topological polar surface area (TPSA) is 146 Å². The lowest BCUT2D eigenvalue weighted by Gasteiger charge is -2.27. The standard InChI is InChI=1S/C37H36Cl2F3N2O9P.BrH/c38-36(39)37(47)43-33(35(46)25-1-9-29(10-2-25)44(48)49)23-53-34(45)24-52-20-19-50-17-18-51-21-22-54(30-11-3-26(40)4-12-30,31-13-5-27(41)6-14-31)32-15-7-28(42)8-16-32;/h1-16,33,35-36,46H,17-24H2;1H/p+1/t33-,35+;/m1./s1. The van der Waals surface area contributed by atoms with Gasteiger partial charge in [-0.05, 0) is 90.5 Å². The van der Waals surface area contributed by atoms with Crippen molar-refractivity contribution in [2.24, 2.45) is 0 Å². The number of nitro groups is 1. The van der Waals surface area contributed by atoms with Crippen molar-refractivity contribution in [2.75, 3.05) is 52.4 Å². The van der Waals surface area contributed by atoms with Crippen LogP contribution >= 0.6 is 47.4 Å². The molecule has 0 aromatic heterocycles. The van der Waals surface area contributed by atoms with Crippen molar-refractivity contribution < 1.29 is 51.7 Å². The molecule has 296 valence electrons. The van der Waals surface area contributed by atoms with Crippen LogP contribution in [0.1, 0.15) is 11.7 Å². The van der Waals surface area contributed by atoms with E-state index in [2.05, 4.69) is 5.32 Å². The minimum atomic E-state index is -2.54. The molecule has 55 heavy (non-hydrogen) atoms. The van der Waals surface area contributed by atoms with Crippen LogP contribution < -0.4 is 21.2 Å². The zero-order chi connectivity index (χ0) is 39.1. The van der Waals surface area contributed by atoms with Crippen molar-refractivity contribution in [2.45, 2.75) is 17.0 Å². The van der Waals surface area contributed by atoms with Gasteiger partial charge in [0.05, 0.1) is 50.2 Å². The number of nitrogens with one attached hydrogen (secondary N) is 1. The lowest BCUT2D eigenvalue weighted by molar-refractivity contribution is -0.384. The number of hydrogen-bond donors (Lipinski definition) is 2. The number of non-ortho nitro benzene ring substituents is 1. The normalized spacial score (nSPS) is 12.4. The maximum absolute atomic E-state index is 14.0. The summed E-state index contributed by atoms with van der Waals surface area (Å²) >= 11 is 11.2. The Hall–Kier alpha value is -3.66. The number of carbonyl (C=O) groups excluding carboxylic acids is 2. The van der Waals surface area contributed by atoms with E-state index in [0.717, 1.165) is 15.9 Å². The molecule has 0 fully saturated rings. The Kier molecular flexibility index (Phi) is 18.9. The minimum absolute atomic E-state index is 0. The Balaban J connectivity index is 0.00000812. The van der Waals surface area contributed by atoms with Crippen LogP contribution in [0.25, 0.3) is 0 Å². The molecule has 1 amide bonds. The molecule has 2 N–H and O–H groups in total. The van der Waals surface area contributed by atoms with Gasteiger partial charge in [0.25, 0.3) is 11.6 Å². The highest BCUT2D eigenvalue weighted by atomic mass is 79.9. The number of alkyl halides is 2. The third-order valence-corrected chi connectivity index (χ3v) is 12.9. The van der Waals surface area contributed by atoms with Gasteiger partial charge in [-0.3, -0.25) is 14.9 Å². The van der Waals surface area contributed by atoms with E-state index < -0.39 is 71.7 Å². The van der Waals surface area contributed by atoms with Crippen LogP contribution in [0, 0.1) is 27.6 Å². The molecule has 0 aliphatic carbocycles. The molecule has 2 atom stereocenters. The predicted octanol–water partition coefficient (Wildman–Crippen LogP) is 5.50. The molecular formula is C37H38BrCl2F3N2O9P+. The van der Waals surface area contributed by atoms with Crippen LogP contribution in [0.2, 0.25) is 0 Å². The van der Waals surface area contributed by atoms with E-state index in [4.69, 9.17) is 42.1 Å². The Morgan fingerprint density at radius 3 is 1.60 bits per heavy atom. The van der Waals surface area contributed by atoms with E-state index in [9.17, 15) is 38.0 Å². The number of hydrogen-bond acceptors (Lipinski definition) is 9. The predicted molar refractivity (Wildman–Crippen MR) is 209 cm³/mol. The number of aliphatic hydroxyl groups excluding tert-OH is 1. The fourth-order valence-electron chi connectivity index (χ4n) is 5.43. The molecule has 0 aliphatic rings. The summed E-state index contributed by atoms with van der Waals surface area (Å²) in [7, 11) is -2.54. The molecule has 0 heterocycles. The van der Waals surface area contributed by atoms with E-state index in [-0.39, 0.29) is 61.3 Å². The van der Waals surface area contributed by atoms with Crippen molar-refractivity contribution in [3.8, 4) is 0 Å². The van der Waals surface area contributed by atoms with Gasteiger partial charge in [0, 0.05) is 12.1 Å². The van der Waals surface area contributed by atoms with Gasteiger partial charge in [0.15, 0.2) is 4.84 Å². The quantitative estimate of drug-likeness (QED) is 0.0277. The number of nitro benzene ring substituents is 1. The zero-order valence-electron chi connectivity index (χ0n) is 29.0. The second-order valence-electron chi connectivity index (χ2n) is 11.6. The summed E-state index contributed by atoms with van der Waals surface area (Å²) < 4.78 is 63.8. The number of nitrogens with zero attached hydrogens (tertiary/aromatic N) is 1. The van der Waals surface area contributed by atoms with E-state index in [0.29, 0.717) is 6.16 Å². The smallest absolute Gasteiger partial charge is 0.332 e. The zero-order valence-corrected chi connectivity index (χ0v) is 33.2. The van der Waals surface area contributed by atoms with Crippen LogP contribution in [0.5, 0.6) is 0 Å². The molecule has 4 aromatic carbocycles. The average molecular weight is 893 g/mol. The van der Waals surface area contributed by atoms with Gasteiger partial charge >= 0.3 is 5.97 Å². The number of amides is 1. The van der Waals surface area contributed by atoms with E-state index in [1.807, 2.05) is 0 Å². The molecule has 11 nitrogen and oxygen atoms in total. The first-order valence-corrected chi connectivity index (χ1v) is 19.3. The van der Waals surface area contributed by atoms with Crippen molar-refractivity contribution in [3.05, 3.63) is 130 Å². The van der Waals surface area contributed by atoms with Crippen molar-refractivity contribution >= 4 is 80.9 Å². The Morgan fingerprint density at radius 1 is 0.727 bits per heavy atom. The summed E-state index contributed by atoms with van der Waals surface area (Å²) in [6.45, 7) is -0.186. The van der Waals surface area contributed by atoms with Crippen molar-refractivity contribution in [1.82, 2.24) is 5.32 Å². The number of esters is 1. The minimum Gasteiger partial charge on any atom is -0.462 e. The highest BCUT2D eigenvalue weighted by Crippen LogP contribution is 2.55. The molecule has 0 saturated carbocycles. The first-order valence-electron chi connectivity index (χ1n) is 16.5. The highest BCUT2D eigenvalue weighted by molar-refractivity contribution is 8.93. The molecule has 0 saturated heterocycles. The molecule has 4 rings (SSSR count). The summed E-state index contributed by atoms with van der Waals surface area (Å²) in [6, 6.07) is 22.0. The van der Waals surface area contributed by atoms with Crippen LogP contribution in [0.4, 0.5) is 18.9 Å². The molecule has 0 unspecified atom stereocenters. The number of ether oxygens (including phenoxy) is 4. The number of rotatable bonds is 21. The number of aliphatic hydroxyl groups is 1. The van der Waals surface area contributed by atoms with Crippen LogP contribution in [-0.4, -0.2) is 85.2 Å². The van der Waals surface area contributed by atoms with Crippen molar-refractivity contribution in [1.29, 1.82) is 0 Å². The number of benzene rings is 4. The van der Waals surface area contributed by atoms with Crippen LogP contribution in [0.3, 0.4) is 0 Å². The summed E-state index contributed by atoms with van der Waals surface area (Å²) in [5.41, 5.74) is -0.00403. The summed E-state index contributed by atoms with van der Waals surface area (Å²) in [4.78, 5) is 33.3. The van der Waals surface area contributed by atoms with Crippen molar-refractivity contribution in [3.63, 3.8) is 0 Å². The largest absolute Gasteiger partial charge is 0.462 e. The fourth-order valence-corrected chi connectivity index (χ4v) is 9.60. The molecule has 4 aromatic rings. The summed E-state index contributed by atoms with van der Waals surface area (Å²) in [5, 5.41) is 26.5. The highest BCUT2D eigenvalue weighted by Gasteiger charge is 2.45. The summed E-state index contributed by atoms with van der Waals surface area (Å²) in [5.74, 6) is -2.89. The molecule has 18 heteroatoms.